The van der Waals surface area contributed by atoms with Gasteiger partial charge in [0.15, 0.2) is 0 Å². The topological polar surface area (TPSA) is 90.1 Å². The quantitative estimate of drug-likeness (QED) is 0.651. The van der Waals surface area contributed by atoms with Crippen molar-refractivity contribution in [2.24, 2.45) is 0 Å². The summed E-state index contributed by atoms with van der Waals surface area (Å²) in [6.07, 6.45) is 0. The Kier molecular flexibility index (Phi) is 4.41. The summed E-state index contributed by atoms with van der Waals surface area (Å²) < 4.78 is 5.73. The third-order valence-corrected chi connectivity index (χ3v) is 3.05. The van der Waals surface area contributed by atoms with Crippen LogP contribution >= 0.6 is 27.5 Å². The molecule has 0 saturated heterocycles. The molecule has 0 aliphatic rings. The second kappa shape index (κ2) is 6.06. The molecule has 0 radical (unpaired) electrons. The zero-order chi connectivity index (χ0) is 14.7. The van der Waals surface area contributed by atoms with Gasteiger partial charge in [0, 0.05) is 16.2 Å². The molecule has 8 heteroatoms. The molecule has 0 atom stereocenters. The monoisotopic (exact) mass is 356 g/mol. The van der Waals surface area contributed by atoms with E-state index in [1.807, 2.05) is 0 Å². The molecule has 1 heterocycles. The highest BCUT2D eigenvalue weighted by atomic mass is 79.9. The van der Waals surface area contributed by atoms with Gasteiger partial charge in [-0.1, -0.05) is 27.5 Å². The lowest BCUT2D eigenvalue weighted by atomic mass is 10.2. The number of ether oxygens (including phenoxy) is 1. The van der Waals surface area contributed by atoms with Gasteiger partial charge in [-0.25, -0.2) is 4.98 Å². The second-order valence-corrected chi connectivity index (χ2v) is 5.05. The maximum atomic E-state index is 12.1. The van der Waals surface area contributed by atoms with E-state index in [0.29, 0.717) is 11.3 Å². The standard InChI is InChI=1S/C12H10BrClN4O2/c1-20-10-5-9(14)16-12(17-10)18-11(19)7-3-2-6(13)4-8(7)15/h2-5H,15H2,1H3,(H,16,17,18,19). The van der Waals surface area contributed by atoms with Crippen molar-refractivity contribution in [1.29, 1.82) is 0 Å². The summed E-state index contributed by atoms with van der Waals surface area (Å²) in [7, 11) is 1.44. The first kappa shape index (κ1) is 14.5. The summed E-state index contributed by atoms with van der Waals surface area (Å²) in [6, 6.07) is 6.38. The van der Waals surface area contributed by atoms with E-state index in [-0.39, 0.29) is 17.0 Å². The van der Waals surface area contributed by atoms with Gasteiger partial charge < -0.3 is 10.5 Å². The van der Waals surface area contributed by atoms with E-state index < -0.39 is 5.91 Å². The first-order valence-corrected chi connectivity index (χ1v) is 6.61. The number of methoxy groups -OCH3 is 1. The lowest BCUT2D eigenvalue weighted by Gasteiger charge is -2.08. The molecule has 2 rings (SSSR count). The molecule has 104 valence electrons. The number of carbonyl (C=O) groups is 1. The van der Waals surface area contributed by atoms with Gasteiger partial charge >= 0.3 is 0 Å². The van der Waals surface area contributed by atoms with Gasteiger partial charge in [0.1, 0.15) is 5.15 Å². The van der Waals surface area contributed by atoms with Crippen LogP contribution in [-0.2, 0) is 0 Å². The number of nitrogens with two attached hydrogens (primary N) is 1. The maximum absolute atomic E-state index is 12.1. The Labute approximate surface area is 128 Å². The Balaban J connectivity index is 2.25. The average Bonchev–Trinajstić information content (AvgIpc) is 2.37. The van der Waals surface area contributed by atoms with Crippen LogP contribution in [-0.4, -0.2) is 23.0 Å². The third-order valence-electron chi connectivity index (χ3n) is 2.36. The minimum Gasteiger partial charge on any atom is -0.481 e. The van der Waals surface area contributed by atoms with Crippen LogP contribution in [0.4, 0.5) is 11.6 Å². The van der Waals surface area contributed by atoms with E-state index in [1.165, 1.54) is 13.2 Å². The number of carbonyl (C=O) groups excluding carboxylic acids is 1. The Morgan fingerprint density at radius 3 is 2.80 bits per heavy atom. The minimum absolute atomic E-state index is 0.0432. The highest BCUT2D eigenvalue weighted by molar-refractivity contribution is 9.10. The molecule has 1 amide bonds. The van der Waals surface area contributed by atoms with E-state index in [4.69, 9.17) is 22.1 Å². The van der Waals surface area contributed by atoms with Gasteiger partial charge in [0.05, 0.1) is 12.7 Å². The number of halogens is 2. The van der Waals surface area contributed by atoms with Crippen LogP contribution in [0.1, 0.15) is 10.4 Å². The number of hydrogen-bond acceptors (Lipinski definition) is 5. The molecular weight excluding hydrogens is 348 g/mol. The van der Waals surface area contributed by atoms with Gasteiger partial charge in [0.2, 0.25) is 11.8 Å². The van der Waals surface area contributed by atoms with Crippen molar-refractivity contribution in [3.05, 3.63) is 39.5 Å². The molecular formula is C12H10BrClN4O2. The molecule has 0 bridgehead atoms. The van der Waals surface area contributed by atoms with Crippen LogP contribution in [0.25, 0.3) is 0 Å². The summed E-state index contributed by atoms with van der Waals surface area (Å²) in [4.78, 5) is 19.9. The number of amides is 1. The molecule has 0 aliphatic heterocycles. The number of nitrogens with zero attached hydrogens (tertiary/aromatic N) is 2. The lowest BCUT2D eigenvalue weighted by molar-refractivity contribution is 0.102. The number of nitrogens with one attached hydrogen (secondary N) is 1. The highest BCUT2D eigenvalue weighted by Crippen LogP contribution is 2.20. The minimum atomic E-state index is -0.431. The number of nitrogen functional groups attached to an aromatic ring is 1. The van der Waals surface area contributed by atoms with Gasteiger partial charge in [-0.05, 0) is 18.2 Å². The smallest absolute Gasteiger partial charge is 0.260 e. The van der Waals surface area contributed by atoms with Crippen LogP contribution in [0.2, 0.25) is 5.15 Å². The fraction of sp³-hybridized carbons (Fsp3) is 0.0833. The van der Waals surface area contributed by atoms with Crippen LogP contribution < -0.4 is 15.8 Å². The molecule has 20 heavy (non-hydrogen) atoms. The molecule has 1 aromatic carbocycles. The van der Waals surface area contributed by atoms with Gasteiger partial charge in [0.25, 0.3) is 5.91 Å². The van der Waals surface area contributed by atoms with E-state index >= 15 is 0 Å². The van der Waals surface area contributed by atoms with Crippen molar-refractivity contribution >= 4 is 45.1 Å². The fourth-order valence-corrected chi connectivity index (χ4v) is 2.02. The molecule has 3 N–H and O–H groups in total. The normalized spacial score (nSPS) is 10.2. The SMILES string of the molecule is COc1cc(Cl)nc(NC(=O)c2ccc(Br)cc2N)n1. The van der Waals surface area contributed by atoms with Gasteiger partial charge in [-0.15, -0.1) is 0 Å². The number of anilines is 2. The van der Waals surface area contributed by atoms with Crippen molar-refractivity contribution in [1.82, 2.24) is 9.97 Å². The number of benzene rings is 1. The summed E-state index contributed by atoms with van der Waals surface area (Å²) in [5.41, 5.74) is 6.43. The first-order chi connectivity index (χ1) is 9.49. The Morgan fingerprint density at radius 1 is 1.40 bits per heavy atom. The van der Waals surface area contributed by atoms with Crippen LogP contribution in [0.3, 0.4) is 0 Å². The molecule has 0 saturated carbocycles. The zero-order valence-electron chi connectivity index (χ0n) is 10.4. The van der Waals surface area contributed by atoms with Crippen molar-refractivity contribution in [2.75, 3.05) is 18.2 Å². The van der Waals surface area contributed by atoms with Crippen molar-refractivity contribution in [3.8, 4) is 5.88 Å². The van der Waals surface area contributed by atoms with E-state index in [1.54, 1.807) is 18.2 Å². The highest BCUT2D eigenvalue weighted by Gasteiger charge is 2.13. The summed E-state index contributed by atoms with van der Waals surface area (Å²) >= 11 is 9.07. The Hall–Kier alpha value is -1.86. The summed E-state index contributed by atoms with van der Waals surface area (Å²) in [5, 5.41) is 2.68. The number of rotatable bonds is 3. The van der Waals surface area contributed by atoms with Crippen LogP contribution in [0.5, 0.6) is 5.88 Å². The average molecular weight is 358 g/mol. The number of hydrogen-bond donors (Lipinski definition) is 2. The van der Waals surface area contributed by atoms with E-state index in [9.17, 15) is 4.79 Å². The molecule has 0 fully saturated rings. The molecule has 0 spiro atoms. The van der Waals surface area contributed by atoms with E-state index in [2.05, 4.69) is 31.2 Å². The van der Waals surface area contributed by atoms with Crippen molar-refractivity contribution in [3.63, 3.8) is 0 Å². The fourth-order valence-electron chi connectivity index (χ4n) is 1.47. The van der Waals surface area contributed by atoms with Crippen molar-refractivity contribution < 1.29 is 9.53 Å². The van der Waals surface area contributed by atoms with Crippen molar-refractivity contribution in [2.45, 2.75) is 0 Å². The van der Waals surface area contributed by atoms with Gasteiger partial charge in [-0.3, -0.25) is 10.1 Å². The second-order valence-electron chi connectivity index (χ2n) is 3.74. The molecule has 6 nitrogen and oxygen atoms in total. The summed E-state index contributed by atoms with van der Waals surface area (Å²) in [5.74, 6) is -0.134. The summed E-state index contributed by atoms with van der Waals surface area (Å²) in [6.45, 7) is 0. The molecule has 0 aliphatic carbocycles. The van der Waals surface area contributed by atoms with Gasteiger partial charge in [-0.2, -0.15) is 4.98 Å². The number of aromatic nitrogens is 2. The largest absolute Gasteiger partial charge is 0.481 e. The molecule has 1 aromatic heterocycles. The molecule has 0 unspecified atom stereocenters. The lowest BCUT2D eigenvalue weighted by Crippen LogP contribution is -2.16. The predicted octanol–water partition coefficient (Wildman–Crippen LogP) is 2.74. The Bertz CT molecular complexity index is 666. The maximum Gasteiger partial charge on any atom is 0.260 e. The third kappa shape index (κ3) is 3.37. The van der Waals surface area contributed by atoms with Crippen LogP contribution in [0, 0.1) is 0 Å². The predicted molar refractivity (Wildman–Crippen MR) is 80.1 cm³/mol. The molecule has 2 aromatic rings. The zero-order valence-corrected chi connectivity index (χ0v) is 12.7. The van der Waals surface area contributed by atoms with E-state index in [0.717, 1.165) is 4.47 Å². The van der Waals surface area contributed by atoms with Crippen LogP contribution in [0.15, 0.2) is 28.7 Å². The Morgan fingerprint density at radius 2 is 2.15 bits per heavy atom. The first-order valence-electron chi connectivity index (χ1n) is 5.44.